The number of hydrogen-bond acceptors (Lipinski definition) is 0. The van der Waals surface area contributed by atoms with Gasteiger partial charge < -0.3 is 0 Å². The van der Waals surface area contributed by atoms with Gasteiger partial charge in [0.2, 0.25) is 0 Å². The number of unbranched alkanes of at least 4 members (excludes halogenated alkanes) is 21. The molecule has 0 saturated heterocycles. The van der Waals surface area contributed by atoms with Crippen molar-refractivity contribution in [3.05, 3.63) is 0 Å². The van der Waals surface area contributed by atoms with Gasteiger partial charge in [-0.15, -0.1) is 0 Å². The summed E-state index contributed by atoms with van der Waals surface area (Å²) in [4.78, 5) is 0. The summed E-state index contributed by atoms with van der Waals surface area (Å²) in [5.74, 6) is 0. The average Bonchev–Trinajstić information content (AvgIpc) is 2.89. The Bertz CT molecular complexity index is 357. The first-order valence-electron chi connectivity index (χ1n) is 17.9. The molecule has 223 valence electrons. The number of rotatable bonds is 30. The first-order valence-corrected chi connectivity index (χ1v) is 22.9. The molecule has 0 aliphatic carbocycles. The fourth-order valence-electron chi connectivity index (χ4n) is 6.71. The van der Waals surface area contributed by atoms with Crippen molar-refractivity contribution in [1.82, 2.24) is 0 Å². The Balaban J connectivity index is 4.42. The Morgan fingerprint density at radius 2 is 0.486 bits per heavy atom. The van der Waals surface area contributed by atoms with Crippen LogP contribution in [0.25, 0.3) is 0 Å². The van der Waals surface area contributed by atoms with Gasteiger partial charge in [0.15, 0.2) is 0 Å². The van der Waals surface area contributed by atoms with Crippen LogP contribution in [0.5, 0.6) is 0 Å². The van der Waals surface area contributed by atoms with Crippen LogP contribution in [0.3, 0.4) is 0 Å². The van der Waals surface area contributed by atoms with Gasteiger partial charge in [0.05, 0.1) is 0 Å². The summed E-state index contributed by atoms with van der Waals surface area (Å²) in [5.41, 5.74) is 0. The van der Waals surface area contributed by atoms with Gasteiger partial charge in [0.1, 0.15) is 0 Å². The molecular formula is C36H75Sn. The summed E-state index contributed by atoms with van der Waals surface area (Å²) in [7, 11) is 0. The van der Waals surface area contributed by atoms with Crippen LogP contribution in [0.1, 0.15) is 215 Å². The summed E-state index contributed by atoms with van der Waals surface area (Å²) in [5, 5.41) is 0. The molecule has 0 bridgehead atoms. The third kappa shape index (κ3) is 24.3. The summed E-state index contributed by atoms with van der Waals surface area (Å²) in [6.45, 7) is 15.1. The van der Waals surface area contributed by atoms with Crippen LogP contribution in [-0.4, -0.2) is 19.8 Å². The molecule has 3 unspecified atom stereocenters. The SMILES string of the molecule is CCCCCCCCCC[CH](C)[Sn]([CH](C)CCCCCCCCCC)[CH](C)CCCCCCCCCC. The van der Waals surface area contributed by atoms with Crippen LogP contribution in [0.4, 0.5) is 0 Å². The van der Waals surface area contributed by atoms with E-state index in [4.69, 9.17) is 0 Å². The maximum absolute atomic E-state index is 2.71. The van der Waals surface area contributed by atoms with E-state index in [-0.39, 0.29) is 0 Å². The van der Waals surface area contributed by atoms with Gasteiger partial charge in [-0.25, -0.2) is 0 Å². The van der Waals surface area contributed by atoms with Crippen molar-refractivity contribution in [1.29, 1.82) is 0 Å². The van der Waals surface area contributed by atoms with E-state index >= 15 is 0 Å². The second-order valence-electron chi connectivity index (χ2n) is 13.0. The predicted molar refractivity (Wildman–Crippen MR) is 176 cm³/mol. The van der Waals surface area contributed by atoms with Gasteiger partial charge in [0, 0.05) is 0 Å². The minimum atomic E-state index is -1.44. The van der Waals surface area contributed by atoms with Gasteiger partial charge in [-0.3, -0.25) is 0 Å². The average molecular weight is 627 g/mol. The molecule has 37 heavy (non-hydrogen) atoms. The van der Waals surface area contributed by atoms with E-state index in [1.54, 1.807) is 19.3 Å². The molecule has 0 rings (SSSR count). The van der Waals surface area contributed by atoms with E-state index in [2.05, 4.69) is 41.5 Å². The fourth-order valence-corrected chi connectivity index (χ4v) is 19.6. The predicted octanol–water partition coefficient (Wildman–Crippen LogP) is 14.2. The first kappa shape index (κ1) is 37.8. The second kappa shape index (κ2) is 29.8. The summed E-state index contributed by atoms with van der Waals surface area (Å²) in [6, 6.07) is 0. The van der Waals surface area contributed by atoms with Crippen LogP contribution < -0.4 is 0 Å². The van der Waals surface area contributed by atoms with E-state index in [9.17, 15) is 0 Å². The van der Waals surface area contributed by atoms with Gasteiger partial charge in [-0.05, 0) is 0 Å². The molecule has 1 radical (unpaired) electrons. The van der Waals surface area contributed by atoms with Gasteiger partial charge in [0.25, 0.3) is 0 Å². The normalized spacial score (nSPS) is 14.4. The third-order valence-electron chi connectivity index (χ3n) is 9.18. The van der Waals surface area contributed by atoms with Crippen LogP contribution in [0.2, 0.25) is 11.8 Å². The molecular weight excluding hydrogens is 551 g/mol. The van der Waals surface area contributed by atoms with Crippen LogP contribution in [0.15, 0.2) is 0 Å². The van der Waals surface area contributed by atoms with Crippen molar-refractivity contribution in [3.8, 4) is 0 Å². The Labute approximate surface area is 245 Å². The molecule has 0 spiro atoms. The standard InChI is InChI=1S/3C12H25.Sn/c3*1-3-5-7-9-11-12-10-8-6-4-2;/h3*3H,4-12H2,1-2H3;. The van der Waals surface area contributed by atoms with Crippen LogP contribution in [0, 0.1) is 0 Å². The molecule has 0 nitrogen and oxygen atoms in total. The maximum atomic E-state index is 2.71. The minimum absolute atomic E-state index is 1.11. The summed E-state index contributed by atoms with van der Waals surface area (Å²) >= 11 is -1.44. The molecule has 0 N–H and O–H groups in total. The zero-order valence-corrected chi connectivity index (χ0v) is 30.2. The molecule has 0 aromatic heterocycles. The van der Waals surface area contributed by atoms with Crippen molar-refractivity contribution in [2.24, 2.45) is 0 Å². The van der Waals surface area contributed by atoms with Gasteiger partial charge in [-0.1, -0.05) is 0 Å². The summed E-state index contributed by atoms with van der Waals surface area (Å²) < 4.78 is 3.32. The quantitative estimate of drug-likeness (QED) is 0.0550. The van der Waals surface area contributed by atoms with E-state index in [1.807, 2.05) is 0 Å². The van der Waals surface area contributed by atoms with Crippen molar-refractivity contribution in [2.75, 3.05) is 0 Å². The molecule has 0 aromatic carbocycles. The number of hydrogen-bond donors (Lipinski definition) is 0. The second-order valence-corrected chi connectivity index (χ2v) is 24.3. The first-order chi connectivity index (χ1) is 18.1. The van der Waals surface area contributed by atoms with E-state index in [0.717, 1.165) is 11.8 Å². The Kier molecular flexibility index (Phi) is 30.4. The van der Waals surface area contributed by atoms with Crippen LogP contribution in [-0.2, 0) is 0 Å². The molecule has 0 saturated carbocycles. The van der Waals surface area contributed by atoms with Crippen molar-refractivity contribution >= 4 is 19.8 Å². The zero-order valence-electron chi connectivity index (χ0n) is 27.3. The molecule has 1 heteroatoms. The zero-order chi connectivity index (χ0) is 27.4. The molecule has 0 aromatic rings. The van der Waals surface area contributed by atoms with Gasteiger partial charge >= 0.3 is 246 Å². The van der Waals surface area contributed by atoms with Crippen molar-refractivity contribution < 1.29 is 0 Å². The molecule has 3 atom stereocenters. The fraction of sp³-hybridized carbons (Fsp3) is 1.00. The Morgan fingerprint density at radius 1 is 0.297 bits per heavy atom. The molecule has 0 fully saturated rings. The molecule has 0 aliphatic heterocycles. The molecule has 0 heterocycles. The summed E-state index contributed by atoms with van der Waals surface area (Å²) in [6.07, 6.45) is 40.0. The molecule has 0 amide bonds. The van der Waals surface area contributed by atoms with E-state index in [0.29, 0.717) is 0 Å². The Hall–Kier alpha value is 0.799. The molecule has 0 aliphatic rings. The monoisotopic (exact) mass is 627 g/mol. The van der Waals surface area contributed by atoms with Crippen LogP contribution >= 0.6 is 0 Å². The topological polar surface area (TPSA) is 0 Å². The van der Waals surface area contributed by atoms with E-state index in [1.165, 1.54) is 154 Å². The third-order valence-corrected chi connectivity index (χ3v) is 21.4. The Morgan fingerprint density at radius 3 is 0.703 bits per heavy atom. The van der Waals surface area contributed by atoms with Crippen molar-refractivity contribution in [3.63, 3.8) is 0 Å². The van der Waals surface area contributed by atoms with E-state index < -0.39 is 19.8 Å². The van der Waals surface area contributed by atoms with Crippen molar-refractivity contribution in [2.45, 2.75) is 227 Å². The van der Waals surface area contributed by atoms with Gasteiger partial charge in [-0.2, -0.15) is 0 Å².